The van der Waals surface area contributed by atoms with Gasteiger partial charge in [-0.1, -0.05) is 43.7 Å². The van der Waals surface area contributed by atoms with Crippen molar-refractivity contribution >= 4 is 29.7 Å². The predicted octanol–water partition coefficient (Wildman–Crippen LogP) is 4.08. The number of benzene rings is 1. The molecule has 2 rings (SSSR count). The number of rotatable bonds is 10. The molecule has 2 unspecified atom stereocenters. The van der Waals surface area contributed by atoms with Gasteiger partial charge < -0.3 is 15.8 Å². The summed E-state index contributed by atoms with van der Waals surface area (Å²) in [7, 11) is 1.58. The number of methoxy groups -OCH3 is 1. The van der Waals surface area contributed by atoms with Gasteiger partial charge in [0.15, 0.2) is 0 Å². The normalized spacial score (nSPS) is 12.9. The maximum Gasteiger partial charge on any atom is 0.223 e. The number of nitrogens with one attached hydrogen (secondary N) is 1. The van der Waals surface area contributed by atoms with E-state index >= 15 is 0 Å². The van der Waals surface area contributed by atoms with Gasteiger partial charge in [-0.25, -0.2) is 0 Å². The van der Waals surface area contributed by atoms with Crippen LogP contribution in [0.1, 0.15) is 48.2 Å². The third kappa shape index (κ3) is 6.72. The van der Waals surface area contributed by atoms with Crippen LogP contribution in [0.5, 0.6) is 0 Å². The van der Waals surface area contributed by atoms with E-state index in [2.05, 4.69) is 42.6 Å². The topological polar surface area (TPSA) is 64.4 Å². The van der Waals surface area contributed by atoms with Gasteiger partial charge in [0.25, 0.3) is 0 Å². The molecule has 4 nitrogen and oxygen atoms in total. The van der Waals surface area contributed by atoms with Crippen molar-refractivity contribution in [1.29, 1.82) is 0 Å². The zero-order chi connectivity index (χ0) is 18.1. The van der Waals surface area contributed by atoms with Gasteiger partial charge in [0.1, 0.15) is 0 Å². The Morgan fingerprint density at radius 3 is 2.54 bits per heavy atom. The van der Waals surface area contributed by atoms with Crippen molar-refractivity contribution < 1.29 is 9.53 Å². The van der Waals surface area contributed by atoms with Gasteiger partial charge in [-0.05, 0) is 35.4 Å². The van der Waals surface area contributed by atoms with Crippen molar-refractivity contribution in [3.8, 4) is 0 Å². The van der Waals surface area contributed by atoms with Crippen LogP contribution < -0.4 is 11.1 Å². The molecule has 144 valence electrons. The molecule has 1 amide bonds. The Morgan fingerprint density at radius 2 is 2.00 bits per heavy atom. The van der Waals surface area contributed by atoms with Gasteiger partial charge in [-0.2, -0.15) is 0 Å². The summed E-state index contributed by atoms with van der Waals surface area (Å²) in [6.07, 6.45) is 3.50. The van der Waals surface area contributed by atoms with Crippen molar-refractivity contribution in [2.45, 2.75) is 44.8 Å². The lowest BCUT2D eigenvalue weighted by Gasteiger charge is -2.20. The first kappa shape index (κ1) is 22.6. The molecule has 0 bridgehead atoms. The van der Waals surface area contributed by atoms with Gasteiger partial charge in [-0.3, -0.25) is 4.79 Å². The van der Waals surface area contributed by atoms with Crippen molar-refractivity contribution in [3.63, 3.8) is 0 Å². The van der Waals surface area contributed by atoms with Crippen LogP contribution in [0, 0.1) is 0 Å². The Bertz CT molecular complexity index is 628. The highest BCUT2D eigenvalue weighted by Crippen LogP contribution is 2.26. The number of carbonyl (C=O) groups is 1. The summed E-state index contributed by atoms with van der Waals surface area (Å²) in [5.41, 5.74) is 8.05. The van der Waals surface area contributed by atoms with E-state index in [1.165, 1.54) is 18.4 Å². The number of thiophene rings is 1. The molecule has 0 fully saturated rings. The minimum Gasteiger partial charge on any atom is -0.380 e. The maximum absolute atomic E-state index is 12.4. The first-order chi connectivity index (χ1) is 12.2. The number of hydrogen-bond acceptors (Lipinski definition) is 4. The minimum absolute atomic E-state index is 0. The first-order valence-electron chi connectivity index (χ1n) is 8.82. The number of unbranched alkanes of at least 4 members (excludes halogenated alkanes) is 1. The summed E-state index contributed by atoms with van der Waals surface area (Å²) >= 11 is 1.65. The van der Waals surface area contributed by atoms with Crippen molar-refractivity contribution in [2.24, 2.45) is 5.73 Å². The molecular formula is C20H29ClN2O2S. The number of amides is 1. The van der Waals surface area contributed by atoms with Crippen LogP contribution >= 0.6 is 23.7 Å². The quantitative estimate of drug-likeness (QED) is 0.635. The van der Waals surface area contributed by atoms with E-state index in [-0.39, 0.29) is 36.9 Å². The van der Waals surface area contributed by atoms with E-state index in [1.54, 1.807) is 18.4 Å². The highest BCUT2D eigenvalue weighted by Gasteiger charge is 2.20. The maximum atomic E-state index is 12.4. The summed E-state index contributed by atoms with van der Waals surface area (Å²) in [6, 6.07) is 12.5. The van der Waals surface area contributed by atoms with Gasteiger partial charge >= 0.3 is 0 Å². The standard InChI is InChI=1S/C20H28N2O2S.ClH/c1-3-4-6-15-8-10-16(11-9-15)20(18-7-5-12-25-18)22-19(23)13-17(14-21)24-2;/h5,7-12,17,20H,3-4,6,13-14,21H2,1-2H3,(H,22,23);1H. The average Bonchev–Trinajstić information content (AvgIpc) is 3.17. The largest absolute Gasteiger partial charge is 0.380 e. The van der Waals surface area contributed by atoms with E-state index in [4.69, 9.17) is 10.5 Å². The lowest BCUT2D eigenvalue weighted by Crippen LogP contribution is -2.34. The van der Waals surface area contributed by atoms with Crippen molar-refractivity contribution in [3.05, 3.63) is 57.8 Å². The molecule has 1 aromatic heterocycles. The zero-order valence-electron chi connectivity index (χ0n) is 15.4. The van der Waals surface area contributed by atoms with Crippen LogP contribution in [0.25, 0.3) is 0 Å². The van der Waals surface area contributed by atoms with Crippen molar-refractivity contribution in [2.75, 3.05) is 13.7 Å². The second-order valence-electron chi connectivity index (χ2n) is 6.16. The number of hydrogen-bond donors (Lipinski definition) is 2. The molecule has 0 spiro atoms. The second kappa shape index (κ2) is 12.1. The Kier molecular flexibility index (Phi) is 10.5. The Labute approximate surface area is 166 Å². The number of carbonyl (C=O) groups excluding carboxylic acids is 1. The SMILES string of the molecule is CCCCc1ccc(C(NC(=O)CC(CN)OC)c2cccs2)cc1.Cl. The minimum atomic E-state index is -0.250. The van der Waals surface area contributed by atoms with E-state index in [0.717, 1.165) is 16.9 Å². The Hall–Kier alpha value is -1.40. The Balaban J connectivity index is 0.00000338. The molecular weight excluding hydrogens is 368 g/mol. The molecule has 1 heterocycles. The second-order valence-corrected chi connectivity index (χ2v) is 7.14. The fraction of sp³-hybridized carbons (Fsp3) is 0.450. The Morgan fingerprint density at radius 1 is 1.27 bits per heavy atom. The summed E-state index contributed by atoms with van der Waals surface area (Å²) in [5.74, 6) is -0.0502. The molecule has 0 aliphatic carbocycles. The fourth-order valence-corrected chi connectivity index (χ4v) is 3.52. The molecule has 2 aromatic rings. The summed E-state index contributed by atoms with van der Waals surface area (Å²) in [4.78, 5) is 13.5. The summed E-state index contributed by atoms with van der Waals surface area (Å²) in [6.45, 7) is 2.53. The third-order valence-electron chi connectivity index (χ3n) is 4.27. The highest BCUT2D eigenvalue weighted by molar-refractivity contribution is 7.10. The highest BCUT2D eigenvalue weighted by atomic mass is 35.5. The third-order valence-corrected chi connectivity index (χ3v) is 5.21. The van der Waals surface area contributed by atoms with Crippen LogP contribution in [-0.4, -0.2) is 25.7 Å². The summed E-state index contributed by atoms with van der Waals surface area (Å²) in [5, 5.41) is 5.16. The van der Waals surface area contributed by atoms with Gasteiger partial charge in [-0.15, -0.1) is 23.7 Å². The molecule has 1 aromatic carbocycles. The molecule has 6 heteroatoms. The van der Waals surface area contributed by atoms with Crippen LogP contribution in [0.4, 0.5) is 0 Å². The van der Waals surface area contributed by atoms with Gasteiger partial charge in [0.05, 0.1) is 18.6 Å². The fourth-order valence-electron chi connectivity index (χ4n) is 2.72. The number of ether oxygens (including phenoxy) is 1. The monoisotopic (exact) mass is 396 g/mol. The molecule has 0 saturated heterocycles. The van der Waals surface area contributed by atoms with E-state index in [0.29, 0.717) is 6.54 Å². The van der Waals surface area contributed by atoms with Crippen LogP contribution in [0.3, 0.4) is 0 Å². The number of nitrogens with two attached hydrogens (primary N) is 1. The van der Waals surface area contributed by atoms with Crippen LogP contribution in [0.2, 0.25) is 0 Å². The zero-order valence-corrected chi connectivity index (χ0v) is 17.1. The molecule has 0 radical (unpaired) electrons. The molecule has 26 heavy (non-hydrogen) atoms. The van der Waals surface area contributed by atoms with Gasteiger partial charge in [0, 0.05) is 18.5 Å². The molecule has 2 atom stereocenters. The van der Waals surface area contributed by atoms with Crippen LogP contribution in [0.15, 0.2) is 41.8 Å². The summed E-state index contributed by atoms with van der Waals surface area (Å²) < 4.78 is 5.22. The smallest absolute Gasteiger partial charge is 0.223 e. The predicted molar refractivity (Wildman–Crippen MR) is 111 cm³/mol. The molecule has 0 aliphatic rings. The van der Waals surface area contributed by atoms with E-state index in [1.807, 2.05) is 11.4 Å². The number of aryl methyl sites for hydroxylation is 1. The lowest BCUT2D eigenvalue weighted by atomic mass is 10.0. The molecule has 0 aliphatic heterocycles. The van der Waals surface area contributed by atoms with Crippen LogP contribution in [-0.2, 0) is 16.0 Å². The first-order valence-corrected chi connectivity index (χ1v) is 9.70. The number of halogens is 1. The van der Waals surface area contributed by atoms with Crippen molar-refractivity contribution in [1.82, 2.24) is 5.32 Å². The average molecular weight is 397 g/mol. The lowest BCUT2D eigenvalue weighted by molar-refractivity contribution is -0.123. The van der Waals surface area contributed by atoms with E-state index < -0.39 is 0 Å². The molecule has 0 saturated carbocycles. The van der Waals surface area contributed by atoms with E-state index in [9.17, 15) is 4.79 Å². The van der Waals surface area contributed by atoms with Gasteiger partial charge in [0.2, 0.25) is 5.91 Å². The molecule has 3 N–H and O–H groups in total.